The van der Waals surface area contributed by atoms with E-state index >= 15 is 0 Å². The summed E-state index contributed by atoms with van der Waals surface area (Å²) in [5.74, 6) is 0.205. The molecule has 0 spiro atoms. The van der Waals surface area contributed by atoms with Gasteiger partial charge in [-0.25, -0.2) is 9.67 Å². The van der Waals surface area contributed by atoms with E-state index in [1.54, 1.807) is 36.4 Å². The van der Waals surface area contributed by atoms with Crippen molar-refractivity contribution in [3.05, 3.63) is 71.0 Å². The van der Waals surface area contributed by atoms with E-state index in [0.29, 0.717) is 21.6 Å². The van der Waals surface area contributed by atoms with Crippen LogP contribution in [0.5, 0.6) is 0 Å². The van der Waals surface area contributed by atoms with Gasteiger partial charge in [0.25, 0.3) is 0 Å². The number of nitrogens with one attached hydrogen (secondary N) is 1. The van der Waals surface area contributed by atoms with E-state index in [9.17, 15) is 4.79 Å². The molecule has 7 heteroatoms. The Morgan fingerprint density at radius 3 is 2.75 bits per heavy atom. The van der Waals surface area contributed by atoms with Crippen LogP contribution in [0.15, 0.2) is 60.9 Å². The van der Waals surface area contributed by atoms with Crippen LogP contribution in [0.1, 0.15) is 0 Å². The van der Waals surface area contributed by atoms with Crippen molar-refractivity contribution in [3.8, 4) is 11.4 Å². The van der Waals surface area contributed by atoms with Gasteiger partial charge in [-0.3, -0.25) is 4.79 Å². The highest BCUT2D eigenvalue weighted by Gasteiger charge is 2.05. The molecule has 0 aliphatic rings. The first-order chi connectivity index (χ1) is 11.6. The third-order valence-electron chi connectivity index (χ3n) is 3.10. The van der Waals surface area contributed by atoms with Crippen molar-refractivity contribution in [2.45, 2.75) is 0 Å². The number of hydrogen-bond donors (Lipinski definition) is 1. The second-order valence-corrected chi connectivity index (χ2v) is 5.69. The Morgan fingerprint density at radius 2 is 1.96 bits per heavy atom. The van der Waals surface area contributed by atoms with Gasteiger partial charge in [0.1, 0.15) is 6.33 Å². The fourth-order valence-corrected chi connectivity index (χ4v) is 2.36. The van der Waals surface area contributed by atoms with Gasteiger partial charge in [-0.15, -0.1) is 5.10 Å². The van der Waals surface area contributed by atoms with Gasteiger partial charge in [0.15, 0.2) is 5.82 Å². The SMILES string of the molecule is O=C(C=Cn1cnc(-c2cccc(Cl)c2)n1)Nc1ccccc1Cl. The zero-order chi connectivity index (χ0) is 16.9. The number of carbonyl (C=O) groups is 1. The average molecular weight is 359 g/mol. The Bertz CT molecular complexity index is 905. The highest BCUT2D eigenvalue weighted by Crippen LogP contribution is 2.20. The number of halogens is 2. The molecule has 0 radical (unpaired) electrons. The van der Waals surface area contributed by atoms with Crippen LogP contribution in [0.25, 0.3) is 17.6 Å². The summed E-state index contributed by atoms with van der Waals surface area (Å²) in [5, 5.41) is 8.05. The first kappa shape index (κ1) is 16.2. The number of benzene rings is 2. The maximum atomic E-state index is 11.9. The van der Waals surface area contributed by atoms with Crippen molar-refractivity contribution < 1.29 is 4.79 Å². The number of anilines is 1. The number of nitrogens with zero attached hydrogens (tertiary/aromatic N) is 3. The molecular formula is C17H12Cl2N4O. The van der Waals surface area contributed by atoms with Gasteiger partial charge in [0.05, 0.1) is 10.7 Å². The van der Waals surface area contributed by atoms with Crippen LogP contribution in [-0.4, -0.2) is 20.7 Å². The zero-order valence-electron chi connectivity index (χ0n) is 12.4. The minimum absolute atomic E-state index is 0.317. The second kappa shape index (κ2) is 7.29. The molecule has 24 heavy (non-hydrogen) atoms. The summed E-state index contributed by atoms with van der Waals surface area (Å²) in [4.78, 5) is 16.1. The molecular weight excluding hydrogens is 347 g/mol. The molecule has 0 fully saturated rings. The van der Waals surface area contributed by atoms with Crippen LogP contribution in [0, 0.1) is 0 Å². The Kier molecular flexibility index (Phi) is 4.93. The van der Waals surface area contributed by atoms with E-state index in [0.717, 1.165) is 5.56 Å². The summed E-state index contributed by atoms with van der Waals surface area (Å²) in [7, 11) is 0. The van der Waals surface area contributed by atoms with E-state index < -0.39 is 0 Å². The molecule has 3 aromatic rings. The van der Waals surface area contributed by atoms with E-state index in [1.807, 2.05) is 12.1 Å². The Balaban J connectivity index is 1.69. The third kappa shape index (κ3) is 4.01. The molecule has 120 valence electrons. The van der Waals surface area contributed by atoms with Crippen molar-refractivity contribution in [3.63, 3.8) is 0 Å². The van der Waals surface area contributed by atoms with Crippen molar-refractivity contribution in [2.24, 2.45) is 0 Å². The zero-order valence-corrected chi connectivity index (χ0v) is 13.9. The maximum Gasteiger partial charge on any atom is 0.249 e. The topological polar surface area (TPSA) is 59.8 Å². The number of carbonyl (C=O) groups excluding carboxylic acids is 1. The van der Waals surface area contributed by atoms with Gasteiger partial charge in [0, 0.05) is 22.9 Å². The lowest BCUT2D eigenvalue weighted by atomic mass is 10.2. The van der Waals surface area contributed by atoms with Gasteiger partial charge in [-0.2, -0.15) is 0 Å². The molecule has 1 N–H and O–H groups in total. The van der Waals surface area contributed by atoms with Crippen molar-refractivity contribution >= 4 is 41.0 Å². The fraction of sp³-hybridized carbons (Fsp3) is 0. The molecule has 0 bridgehead atoms. The summed E-state index contributed by atoms with van der Waals surface area (Å²) in [6.45, 7) is 0. The lowest BCUT2D eigenvalue weighted by molar-refractivity contribution is -0.111. The standard InChI is InChI=1S/C17H12Cl2N4O/c18-13-5-3-4-12(10-13)17-20-11-23(22-17)9-8-16(24)21-15-7-2-1-6-14(15)19/h1-11H,(H,21,24). The van der Waals surface area contributed by atoms with Crippen LogP contribution in [0.3, 0.4) is 0 Å². The molecule has 0 unspecified atom stereocenters. The van der Waals surface area contributed by atoms with E-state index in [1.165, 1.54) is 23.3 Å². The minimum Gasteiger partial charge on any atom is -0.321 e. The summed E-state index contributed by atoms with van der Waals surface area (Å²) < 4.78 is 1.45. The fourth-order valence-electron chi connectivity index (χ4n) is 1.99. The molecule has 0 saturated carbocycles. The largest absolute Gasteiger partial charge is 0.321 e. The molecule has 5 nitrogen and oxygen atoms in total. The molecule has 0 aliphatic heterocycles. The molecule has 1 aromatic heterocycles. The van der Waals surface area contributed by atoms with Crippen LogP contribution in [0.4, 0.5) is 5.69 Å². The Morgan fingerprint density at radius 1 is 1.12 bits per heavy atom. The summed E-state index contributed by atoms with van der Waals surface area (Å²) in [6, 6.07) is 14.2. The number of hydrogen-bond acceptors (Lipinski definition) is 3. The number of aromatic nitrogens is 3. The smallest absolute Gasteiger partial charge is 0.249 e. The molecule has 2 aromatic carbocycles. The predicted molar refractivity (Wildman–Crippen MR) is 95.9 cm³/mol. The minimum atomic E-state index is -0.317. The summed E-state index contributed by atoms with van der Waals surface area (Å²) in [6.07, 6.45) is 4.36. The number of rotatable bonds is 4. The molecule has 1 heterocycles. The van der Waals surface area contributed by atoms with Crippen molar-refractivity contribution in [1.82, 2.24) is 14.8 Å². The van der Waals surface area contributed by atoms with Crippen molar-refractivity contribution in [2.75, 3.05) is 5.32 Å². The van der Waals surface area contributed by atoms with Crippen molar-refractivity contribution in [1.29, 1.82) is 0 Å². The van der Waals surface area contributed by atoms with Gasteiger partial charge in [0.2, 0.25) is 5.91 Å². The predicted octanol–water partition coefficient (Wildman–Crippen LogP) is 4.36. The van der Waals surface area contributed by atoms with Gasteiger partial charge < -0.3 is 5.32 Å². The quantitative estimate of drug-likeness (QED) is 0.704. The molecule has 0 aliphatic carbocycles. The van der Waals surface area contributed by atoms with Crippen LogP contribution in [0.2, 0.25) is 10.0 Å². The normalized spacial score (nSPS) is 10.9. The Hall–Kier alpha value is -2.63. The number of amides is 1. The first-order valence-corrected chi connectivity index (χ1v) is 7.78. The second-order valence-electron chi connectivity index (χ2n) is 4.84. The van der Waals surface area contributed by atoms with Gasteiger partial charge in [-0.05, 0) is 24.3 Å². The summed E-state index contributed by atoms with van der Waals surface area (Å²) in [5.41, 5.74) is 1.35. The molecule has 3 rings (SSSR count). The molecule has 1 amide bonds. The maximum absolute atomic E-state index is 11.9. The molecule has 0 saturated heterocycles. The van der Waals surface area contributed by atoms with Gasteiger partial charge >= 0.3 is 0 Å². The lowest BCUT2D eigenvalue weighted by Gasteiger charge is -2.03. The highest BCUT2D eigenvalue weighted by atomic mass is 35.5. The average Bonchev–Trinajstić information content (AvgIpc) is 3.04. The summed E-state index contributed by atoms with van der Waals surface area (Å²) >= 11 is 11.9. The Labute approximate surface area is 148 Å². The van der Waals surface area contributed by atoms with E-state index in [-0.39, 0.29) is 5.91 Å². The monoisotopic (exact) mass is 358 g/mol. The lowest BCUT2D eigenvalue weighted by Crippen LogP contribution is -2.08. The first-order valence-electron chi connectivity index (χ1n) is 7.02. The highest BCUT2D eigenvalue weighted by molar-refractivity contribution is 6.33. The van der Waals surface area contributed by atoms with Crippen LogP contribution in [-0.2, 0) is 4.79 Å². The van der Waals surface area contributed by atoms with E-state index in [4.69, 9.17) is 23.2 Å². The third-order valence-corrected chi connectivity index (χ3v) is 3.67. The number of para-hydroxylation sites is 1. The van der Waals surface area contributed by atoms with Crippen LogP contribution < -0.4 is 5.32 Å². The van der Waals surface area contributed by atoms with Gasteiger partial charge in [-0.1, -0.05) is 47.5 Å². The van der Waals surface area contributed by atoms with Crippen LogP contribution >= 0.6 is 23.2 Å². The van der Waals surface area contributed by atoms with E-state index in [2.05, 4.69) is 15.4 Å². The molecule has 0 atom stereocenters.